The maximum absolute atomic E-state index is 5.55. The first-order chi connectivity index (χ1) is 18.1. The Hall–Kier alpha value is -2.04. The second-order valence-electron chi connectivity index (χ2n) is 10.8. The van der Waals surface area contributed by atoms with Gasteiger partial charge in [0.05, 0.1) is 5.52 Å². The van der Waals surface area contributed by atoms with E-state index >= 15 is 0 Å². The lowest BCUT2D eigenvalue weighted by Crippen LogP contribution is -2.48. The van der Waals surface area contributed by atoms with Crippen LogP contribution in [0.25, 0.3) is 10.9 Å². The number of aromatic nitrogens is 1. The number of benzene rings is 1. The zero-order chi connectivity index (χ0) is 25.5. The van der Waals surface area contributed by atoms with Gasteiger partial charge in [-0.2, -0.15) is 0 Å². The summed E-state index contributed by atoms with van der Waals surface area (Å²) >= 11 is 5.55. The van der Waals surface area contributed by atoms with E-state index in [2.05, 4.69) is 67.2 Å². The van der Waals surface area contributed by atoms with E-state index < -0.39 is 0 Å². The number of hydrogen-bond acceptors (Lipinski definition) is 7. The highest BCUT2D eigenvalue weighted by molar-refractivity contribution is 7.80. The van der Waals surface area contributed by atoms with Crippen LogP contribution in [0.5, 0.6) is 0 Å². The zero-order valence-corrected chi connectivity index (χ0v) is 23.2. The molecule has 5 rings (SSSR count). The van der Waals surface area contributed by atoms with Crippen LogP contribution in [0.4, 0.5) is 11.5 Å². The van der Waals surface area contributed by atoms with E-state index in [1.165, 1.54) is 43.4 Å². The smallest absolute Gasteiger partial charge is 0.170 e. The maximum atomic E-state index is 5.55. The van der Waals surface area contributed by atoms with E-state index in [9.17, 15) is 0 Å². The Balaban J connectivity index is 1.11. The topological polar surface area (TPSA) is 70.7 Å². The molecule has 202 valence electrons. The minimum Gasteiger partial charge on any atom is -0.362 e. The second-order valence-corrected chi connectivity index (χ2v) is 11.2. The number of pyridine rings is 1. The van der Waals surface area contributed by atoms with Gasteiger partial charge in [-0.05, 0) is 93.8 Å². The molecule has 0 amide bonds. The summed E-state index contributed by atoms with van der Waals surface area (Å²) in [7, 11) is 0. The molecule has 3 fully saturated rings. The monoisotopic (exact) mass is 524 g/mol. The van der Waals surface area contributed by atoms with Gasteiger partial charge >= 0.3 is 0 Å². The second kappa shape index (κ2) is 13.2. The van der Waals surface area contributed by atoms with Crippen LogP contribution in [0, 0.1) is 12.8 Å². The van der Waals surface area contributed by atoms with Crippen molar-refractivity contribution in [3.63, 3.8) is 0 Å². The number of piperazine rings is 2. The Morgan fingerprint density at radius 2 is 1.73 bits per heavy atom. The van der Waals surface area contributed by atoms with E-state index in [1.807, 2.05) is 0 Å². The van der Waals surface area contributed by atoms with Crippen molar-refractivity contribution in [1.29, 1.82) is 0 Å². The van der Waals surface area contributed by atoms with Crippen molar-refractivity contribution in [2.75, 3.05) is 95.3 Å². The predicted molar refractivity (Wildman–Crippen MR) is 159 cm³/mol. The summed E-state index contributed by atoms with van der Waals surface area (Å²) in [5.41, 5.74) is 3.32. The molecule has 0 atom stereocenters. The Labute approximate surface area is 227 Å². The number of nitrogens with one attached hydrogen (secondary N) is 4. The lowest BCUT2D eigenvalue weighted by Gasteiger charge is -2.38. The summed E-state index contributed by atoms with van der Waals surface area (Å²) in [5.74, 6) is 1.96. The molecule has 0 saturated carbocycles. The maximum Gasteiger partial charge on any atom is 0.170 e. The van der Waals surface area contributed by atoms with Gasteiger partial charge in [0, 0.05) is 76.5 Å². The quantitative estimate of drug-likeness (QED) is 0.307. The molecule has 9 heteroatoms. The van der Waals surface area contributed by atoms with Gasteiger partial charge in [-0.1, -0.05) is 0 Å². The molecule has 1 aromatic carbocycles. The van der Waals surface area contributed by atoms with E-state index in [-0.39, 0.29) is 0 Å². The number of nitrogens with zero attached hydrogens (tertiary/aromatic N) is 4. The molecule has 4 heterocycles. The van der Waals surface area contributed by atoms with E-state index in [4.69, 9.17) is 17.2 Å². The number of rotatable bonds is 8. The highest BCUT2D eigenvalue weighted by Crippen LogP contribution is 2.26. The SMILES string of the molecule is Cc1cc(N2CCN(CC3CCNCC3)CC2)nc2ccc(NC(=S)NCCCN3CCNCC3)cc12. The van der Waals surface area contributed by atoms with Gasteiger partial charge in [0.25, 0.3) is 0 Å². The first-order valence-electron chi connectivity index (χ1n) is 14.2. The molecule has 0 radical (unpaired) electrons. The number of piperidine rings is 1. The van der Waals surface area contributed by atoms with Crippen molar-refractivity contribution in [1.82, 2.24) is 30.7 Å². The van der Waals surface area contributed by atoms with Gasteiger partial charge in [-0.25, -0.2) is 4.98 Å². The minimum absolute atomic E-state index is 0.684. The van der Waals surface area contributed by atoms with Gasteiger partial charge in [0.15, 0.2) is 5.11 Å². The fraction of sp³-hybridized carbons (Fsp3) is 0.643. The summed E-state index contributed by atoms with van der Waals surface area (Å²) in [6, 6.07) is 8.63. The molecule has 1 aromatic heterocycles. The highest BCUT2D eigenvalue weighted by atomic mass is 32.1. The van der Waals surface area contributed by atoms with E-state index in [0.717, 1.165) is 94.8 Å². The van der Waals surface area contributed by atoms with Crippen molar-refractivity contribution in [2.45, 2.75) is 26.2 Å². The summed E-state index contributed by atoms with van der Waals surface area (Å²) in [6.07, 6.45) is 3.73. The molecule has 3 aliphatic rings. The number of aryl methyl sites for hydroxylation is 1. The Morgan fingerprint density at radius 1 is 0.973 bits per heavy atom. The average molecular weight is 525 g/mol. The van der Waals surface area contributed by atoms with Crippen LogP contribution in [0.15, 0.2) is 24.3 Å². The van der Waals surface area contributed by atoms with E-state index in [1.54, 1.807) is 0 Å². The normalized spacial score (nSPS) is 20.3. The van der Waals surface area contributed by atoms with Gasteiger partial charge in [-0.15, -0.1) is 0 Å². The van der Waals surface area contributed by atoms with Crippen LogP contribution in [0.1, 0.15) is 24.8 Å². The Bertz CT molecular complexity index is 1030. The number of hydrogen-bond donors (Lipinski definition) is 4. The highest BCUT2D eigenvalue weighted by Gasteiger charge is 2.22. The number of fused-ring (bicyclic) bond motifs is 1. The fourth-order valence-electron chi connectivity index (χ4n) is 5.82. The number of thiocarbonyl (C=S) groups is 1. The Kier molecular flexibility index (Phi) is 9.44. The summed E-state index contributed by atoms with van der Waals surface area (Å²) < 4.78 is 0. The number of anilines is 2. The molecule has 2 aromatic rings. The fourth-order valence-corrected chi connectivity index (χ4v) is 6.04. The molecular formula is C28H44N8S. The van der Waals surface area contributed by atoms with Crippen LogP contribution in [0.2, 0.25) is 0 Å². The standard InChI is InChI=1S/C28H44N8S/c1-22-19-27(36-17-15-35(16-18-36)21-23-5-8-29-9-6-23)33-26-4-3-24(20-25(22)26)32-28(37)31-7-2-12-34-13-10-30-11-14-34/h3-4,19-20,23,29-30H,2,5-18,21H2,1H3,(H2,31,32,37). The first-order valence-corrected chi connectivity index (χ1v) is 14.6. The third kappa shape index (κ3) is 7.51. The largest absolute Gasteiger partial charge is 0.362 e. The lowest BCUT2D eigenvalue weighted by molar-refractivity contribution is 0.196. The average Bonchev–Trinajstić information content (AvgIpc) is 2.93. The van der Waals surface area contributed by atoms with Crippen molar-refractivity contribution < 1.29 is 0 Å². The molecule has 0 bridgehead atoms. The summed E-state index contributed by atoms with van der Waals surface area (Å²) in [5, 5.41) is 15.5. The molecule has 3 aliphatic heterocycles. The molecule has 0 aliphatic carbocycles. The molecule has 37 heavy (non-hydrogen) atoms. The van der Waals surface area contributed by atoms with Crippen LogP contribution < -0.4 is 26.2 Å². The molecule has 3 saturated heterocycles. The van der Waals surface area contributed by atoms with Gasteiger partial charge in [-0.3, -0.25) is 4.90 Å². The van der Waals surface area contributed by atoms with Gasteiger partial charge < -0.3 is 31.1 Å². The third-order valence-corrected chi connectivity index (χ3v) is 8.32. The summed E-state index contributed by atoms with van der Waals surface area (Å²) in [4.78, 5) is 12.7. The molecular weight excluding hydrogens is 480 g/mol. The van der Waals surface area contributed by atoms with E-state index in [0.29, 0.717) is 5.11 Å². The predicted octanol–water partition coefficient (Wildman–Crippen LogP) is 2.25. The van der Waals surface area contributed by atoms with Crippen LogP contribution in [-0.4, -0.2) is 105 Å². The Morgan fingerprint density at radius 3 is 2.51 bits per heavy atom. The summed E-state index contributed by atoms with van der Waals surface area (Å²) in [6.45, 7) is 16.7. The van der Waals surface area contributed by atoms with Crippen molar-refractivity contribution in [2.24, 2.45) is 5.92 Å². The van der Waals surface area contributed by atoms with Crippen molar-refractivity contribution in [3.8, 4) is 0 Å². The van der Waals surface area contributed by atoms with Crippen LogP contribution in [-0.2, 0) is 0 Å². The zero-order valence-electron chi connectivity index (χ0n) is 22.4. The van der Waals surface area contributed by atoms with Gasteiger partial charge in [0.1, 0.15) is 5.82 Å². The molecule has 4 N–H and O–H groups in total. The van der Waals surface area contributed by atoms with Gasteiger partial charge in [0.2, 0.25) is 0 Å². The third-order valence-electron chi connectivity index (χ3n) is 8.08. The first kappa shape index (κ1) is 26.6. The molecule has 8 nitrogen and oxygen atoms in total. The van der Waals surface area contributed by atoms with Crippen LogP contribution >= 0.6 is 12.2 Å². The molecule has 0 unspecified atom stereocenters. The molecule has 0 spiro atoms. The minimum atomic E-state index is 0.684. The van der Waals surface area contributed by atoms with Crippen molar-refractivity contribution in [3.05, 3.63) is 29.8 Å². The van der Waals surface area contributed by atoms with Crippen molar-refractivity contribution >= 4 is 39.7 Å². The lowest BCUT2D eigenvalue weighted by atomic mass is 9.97. The van der Waals surface area contributed by atoms with Crippen LogP contribution in [0.3, 0.4) is 0 Å².